The van der Waals surface area contributed by atoms with Gasteiger partial charge in [-0.1, -0.05) is 30.3 Å². The van der Waals surface area contributed by atoms with Crippen molar-refractivity contribution in [3.05, 3.63) is 35.9 Å². The number of benzene rings is 1. The van der Waals surface area contributed by atoms with Gasteiger partial charge in [-0.2, -0.15) is 13.2 Å². The number of rotatable bonds is 12. The summed E-state index contributed by atoms with van der Waals surface area (Å²) < 4.78 is 39.9. The molecular formula is C23H32F3N5O5. The van der Waals surface area contributed by atoms with Crippen LogP contribution in [-0.2, 0) is 25.6 Å². The van der Waals surface area contributed by atoms with Crippen molar-refractivity contribution in [1.82, 2.24) is 15.1 Å². The van der Waals surface area contributed by atoms with Crippen LogP contribution in [0.4, 0.5) is 13.2 Å². The van der Waals surface area contributed by atoms with E-state index in [0.717, 1.165) is 5.56 Å². The van der Waals surface area contributed by atoms with Gasteiger partial charge in [0.25, 0.3) is 0 Å². The molecule has 0 unspecified atom stereocenters. The summed E-state index contributed by atoms with van der Waals surface area (Å²) in [4.78, 5) is 50.9. The minimum Gasteiger partial charge on any atom is -0.394 e. The van der Waals surface area contributed by atoms with Crippen molar-refractivity contribution in [2.45, 2.75) is 56.4 Å². The Labute approximate surface area is 206 Å². The highest BCUT2D eigenvalue weighted by atomic mass is 19.4. The number of nitrogens with two attached hydrogens (primary N) is 2. The van der Waals surface area contributed by atoms with Gasteiger partial charge >= 0.3 is 12.1 Å². The fourth-order valence-electron chi connectivity index (χ4n) is 4.04. The first-order valence-corrected chi connectivity index (χ1v) is 11.6. The SMILES string of the molecule is NC(=O)CC[C@H](NC(=O)[C@@H](N)CO)C(=O)N1CCC[C@H]1CN(CCc1ccccc1)C(=O)C(F)(F)F. The molecule has 0 aliphatic carbocycles. The van der Waals surface area contributed by atoms with Crippen LogP contribution in [0.1, 0.15) is 31.2 Å². The topological polar surface area (TPSA) is 159 Å². The lowest BCUT2D eigenvalue weighted by molar-refractivity contribution is -0.186. The third kappa shape index (κ3) is 8.48. The van der Waals surface area contributed by atoms with Gasteiger partial charge in [0.2, 0.25) is 17.7 Å². The highest BCUT2D eigenvalue weighted by Gasteiger charge is 2.44. The Morgan fingerprint density at radius 1 is 1.19 bits per heavy atom. The maximum atomic E-state index is 13.3. The number of nitrogens with zero attached hydrogens (tertiary/aromatic N) is 2. The molecule has 200 valence electrons. The van der Waals surface area contributed by atoms with Gasteiger partial charge < -0.3 is 31.7 Å². The first kappa shape index (κ1) is 29.0. The summed E-state index contributed by atoms with van der Waals surface area (Å²) >= 11 is 0. The van der Waals surface area contributed by atoms with Crippen LogP contribution in [0, 0.1) is 0 Å². The highest BCUT2D eigenvalue weighted by Crippen LogP contribution is 2.24. The van der Waals surface area contributed by atoms with Crippen LogP contribution in [0.5, 0.6) is 0 Å². The van der Waals surface area contributed by atoms with Gasteiger partial charge in [-0.3, -0.25) is 19.2 Å². The van der Waals surface area contributed by atoms with Crippen molar-refractivity contribution in [1.29, 1.82) is 0 Å². The normalized spacial score (nSPS) is 17.4. The minimum absolute atomic E-state index is 0.152. The molecule has 0 radical (unpaired) electrons. The van der Waals surface area contributed by atoms with Crippen molar-refractivity contribution >= 4 is 23.6 Å². The number of nitrogens with one attached hydrogen (secondary N) is 1. The Bertz CT molecular complexity index is 915. The first-order valence-electron chi connectivity index (χ1n) is 11.6. The van der Waals surface area contributed by atoms with Crippen LogP contribution in [0.2, 0.25) is 0 Å². The second-order valence-corrected chi connectivity index (χ2v) is 8.67. The Morgan fingerprint density at radius 2 is 1.86 bits per heavy atom. The number of hydrogen-bond donors (Lipinski definition) is 4. The van der Waals surface area contributed by atoms with Gasteiger partial charge in [0.1, 0.15) is 12.1 Å². The summed E-state index contributed by atoms with van der Waals surface area (Å²) in [5, 5.41) is 11.5. The lowest BCUT2D eigenvalue weighted by atomic mass is 10.1. The highest BCUT2D eigenvalue weighted by molar-refractivity contribution is 5.90. The minimum atomic E-state index is -5.08. The van der Waals surface area contributed by atoms with E-state index in [2.05, 4.69) is 5.32 Å². The van der Waals surface area contributed by atoms with E-state index < -0.39 is 54.5 Å². The largest absolute Gasteiger partial charge is 0.471 e. The molecule has 1 heterocycles. The first-order chi connectivity index (χ1) is 16.9. The maximum Gasteiger partial charge on any atom is 0.471 e. The molecule has 1 saturated heterocycles. The molecule has 0 saturated carbocycles. The number of amides is 4. The smallest absolute Gasteiger partial charge is 0.394 e. The van der Waals surface area contributed by atoms with E-state index in [1.165, 1.54) is 4.90 Å². The van der Waals surface area contributed by atoms with Crippen molar-refractivity contribution in [2.75, 3.05) is 26.2 Å². The molecule has 0 aromatic heterocycles. The van der Waals surface area contributed by atoms with E-state index >= 15 is 0 Å². The van der Waals surface area contributed by atoms with Crippen molar-refractivity contribution in [3.8, 4) is 0 Å². The summed E-state index contributed by atoms with van der Waals surface area (Å²) in [5.74, 6) is -4.16. The zero-order chi connectivity index (χ0) is 26.9. The number of carbonyl (C=O) groups excluding carboxylic acids is 4. The molecule has 1 aliphatic rings. The monoisotopic (exact) mass is 515 g/mol. The summed E-state index contributed by atoms with van der Waals surface area (Å²) in [6.07, 6.45) is -4.44. The van der Waals surface area contributed by atoms with Crippen LogP contribution < -0.4 is 16.8 Å². The van der Waals surface area contributed by atoms with E-state index in [-0.39, 0.29) is 38.9 Å². The van der Waals surface area contributed by atoms with Gasteiger partial charge in [0, 0.05) is 32.1 Å². The average molecular weight is 516 g/mol. The molecule has 4 amide bonds. The summed E-state index contributed by atoms with van der Waals surface area (Å²) in [6, 6.07) is 5.48. The van der Waals surface area contributed by atoms with Crippen molar-refractivity contribution in [2.24, 2.45) is 11.5 Å². The van der Waals surface area contributed by atoms with Crippen LogP contribution in [0.3, 0.4) is 0 Å². The molecule has 0 bridgehead atoms. The summed E-state index contributed by atoms with van der Waals surface area (Å²) in [6.45, 7) is -1.02. The number of aliphatic hydroxyl groups excluding tert-OH is 1. The molecule has 1 aliphatic heterocycles. The number of carbonyl (C=O) groups is 4. The van der Waals surface area contributed by atoms with Gasteiger partial charge in [0.05, 0.1) is 6.61 Å². The Hall–Kier alpha value is -3.19. The van der Waals surface area contributed by atoms with E-state index in [1.54, 1.807) is 30.3 Å². The molecule has 3 atom stereocenters. The van der Waals surface area contributed by atoms with Gasteiger partial charge in [-0.05, 0) is 31.2 Å². The van der Waals surface area contributed by atoms with Crippen LogP contribution >= 0.6 is 0 Å². The fraction of sp³-hybridized carbons (Fsp3) is 0.565. The average Bonchev–Trinajstić information content (AvgIpc) is 3.30. The molecule has 1 fully saturated rings. The third-order valence-corrected chi connectivity index (χ3v) is 5.96. The Morgan fingerprint density at radius 3 is 2.44 bits per heavy atom. The number of halogens is 3. The lowest BCUT2D eigenvalue weighted by Crippen LogP contribution is -2.56. The predicted octanol–water partition coefficient (Wildman–Crippen LogP) is -0.319. The molecule has 0 spiro atoms. The number of aliphatic hydroxyl groups is 1. The Balaban J connectivity index is 2.19. The fourth-order valence-corrected chi connectivity index (χ4v) is 4.04. The quantitative estimate of drug-likeness (QED) is 0.299. The van der Waals surface area contributed by atoms with Gasteiger partial charge in [0.15, 0.2) is 0 Å². The number of hydrogen-bond acceptors (Lipinski definition) is 6. The lowest BCUT2D eigenvalue weighted by Gasteiger charge is -2.33. The molecule has 1 aromatic rings. The number of likely N-dealkylation sites (tertiary alicyclic amines) is 1. The maximum absolute atomic E-state index is 13.3. The Kier molecular flexibility index (Phi) is 10.7. The third-order valence-electron chi connectivity index (χ3n) is 5.96. The molecule has 10 nitrogen and oxygen atoms in total. The van der Waals surface area contributed by atoms with Crippen molar-refractivity contribution < 1.29 is 37.5 Å². The standard InChI is InChI=1S/C23H32F3N5O5/c24-23(25,26)22(36)30(12-10-15-5-2-1-3-6-15)13-16-7-4-11-31(16)21(35)18(8-9-19(28)33)29-20(34)17(27)14-32/h1-3,5-6,16-18,32H,4,7-14,27H2,(H2,28,33)(H,29,34)/t16-,17-,18-/m0/s1. The predicted molar refractivity (Wildman–Crippen MR) is 123 cm³/mol. The molecule has 2 rings (SSSR count). The molecular weight excluding hydrogens is 483 g/mol. The summed E-state index contributed by atoms with van der Waals surface area (Å²) in [5.41, 5.74) is 11.4. The van der Waals surface area contributed by atoms with E-state index in [4.69, 9.17) is 16.6 Å². The zero-order valence-electron chi connectivity index (χ0n) is 19.7. The van der Waals surface area contributed by atoms with Crippen LogP contribution in [0.25, 0.3) is 0 Å². The number of primary amides is 1. The zero-order valence-corrected chi connectivity index (χ0v) is 19.7. The molecule has 1 aromatic carbocycles. The summed E-state index contributed by atoms with van der Waals surface area (Å²) in [7, 11) is 0. The van der Waals surface area contributed by atoms with Crippen molar-refractivity contribution in [3.63, 3.8) is 0 Å². The van der Waals surface area contributed by atoms with E-state index in [0.29, 0.717) is 17.7 Å². The van der Waals surface area contributed by atoms with E-state index in [1.807, 2.05) is 0 Å². The van der Waals surface area contributed by atoms with Gasteiger partial charge in [-0.15, -0.1) is 0 Å². The molecule has 6 N–H and O–H groups in total. The van der Waals surface area contributed by atoms with E-state index in [9.17, 15) is 32.3 Å². The van der Waals surface area contributed by atoms with Crippen LogP contribution in [-0.4, -0.2) is 89.1 Å². The molecule has 36 heavy (non-hydrogen) atoms. The molecule has 13 heteroatoms. The number of alkyl halides is 3. The second-order valence-electron chi connectivity index (χ2n) is 8.67. The second kappa shape index (κ2) is 13.2. The van der Waals surface area contributed by atoms with Crippen LogP contribution in [0.15, 0.2) is 30.3 Å². The van der Waals surface area contributed by atoms with Gasteiger partial charge in [-0.25, -0.2) is 0 Å².